The molecular formula is C35H51N6O2PS2. The Hall–Kier alpha value is -3.43. The standard InChI is InChI=1S/C32H40N6S2.C2H6.CH4O.HOP/c1-6-8-15-25(5)28(26-17-10-9-11-18-26)22-27(23(3)7-2)24(4)16-14-21-40-32-34-30(36-38-32)20-13-12-19-29-33-31(39)37-35-29;3*1-2/h6-11,15-18,28H,1-2,5,12-14,19-22H2,3-4H3,(H,34,36,38)(H2,33,35,37,39);1-2H3;2H,1H3;2H/b15-8-,24-16-,27-23-;;;. The molecule has 46 heavy (non-hydrogen) atoms. The van der Waals surface area contributed by atoms with Crippen LogP contribution in [-0.4, -0.2) is 48.3 Å². The fourth-order valence-corrected chi connectivity index (χ4v) is 5.29. The third-order valence-electron chi connectivity index (χ3n) is 6.70. The van der Waals surface area contributed by atoms with Crippen molar-refractivity contribution >= 4 is 33.1 Å². The van der Waals surface area contributed by atoms with Crippen molar-refractivity contribution < 1.29 is 9.67 Å². The normalized spacial score (nSPS) is 11.9. The predicted octanol–water partition coefficient (Wildman–Crippen LogP) is 9.66. The van der Waals surface area contributed by atoms with Crippen LogP contribution in [0.5, 0.6) is 0 Å². The van der Waals surface area contributed by atoms with E-state index in [9.17, 15) is 0 Å². The molecule has 0 amide bonds. The molecular weight excluding hydrogens is 632 g/mol. The minimum atomic E-state index is 0.170. The molecule has 0 saturated carbocycles. The number of aliphatic hydroxyl groups excluding tert-OH is 1. The van der Waals surface area contributed by atoms with Gasteiger partial charge in [0, 0.05) is 31.6 Å². The summed E-state index contributed by atoms with van der Waals surface area (Å²) in [7, 11) is 2.72. The van der Waals surface area contributed by atoms with Gasteiger partial charge in [-0.1, -0.05) is 112 Å². The topological polar surface area (TPSA) is 123 Å². The maximum absolute atomic E-state index is 8.06. The Bertz CT molecular complexity index is 1440. The molecule has 0 fully saturated rings. The number of aromatic amines is 3. The summed E-state index contributed by atoms with van der Waals surface area (Å²) in [4.78, 5) is 8.88. The Morgan fingerprint density at radius 1 is 1.04 bits per heavy atom. The van der Waals surface area contributed by atoms with Gasteiger partial charge >= 0.3 is 0 Å². The summed E-state index contributed by atoms with van der Waals surface area (Å²) in [6, 6.07) is 10.6. The van der Waals surface area contributed by atoms with Crippen molar-refractivity contribution in [1.82, 2.24) is 30.4 Å². The van der Waals surface area contributed by atoms with E-state index in [4.69, 9.17) is 21.9 Å². The highest BCUT2D eigenvalue weighted by Gasteiger charge is 2.17. The van der Waals surface area contributed by atoms with Crippen molar-refractivity contribution in [3.8, 4) is 0 Å². The second-order valence-electron chi connectivity index (χ2n) is 9.61. The summed E-state index contributed by atoms with van der Waals surface area (Å²) in [6.07, 6.45) is 15.6. The van der Waals surface area contributed by atoms with E-state index in [0.717, 1.165) is 73.8 Å². The molecule has 3 rings (SSSR count). The van der Waals surface area contributed by atoms with Gasteiger partial charge in [0.1, 0.15) is 20.8 Å². The van der Waals surface area contributed by atoms with Gasteiger partial charge in [-0.05, 0) is 74.0 Å². The Morgan fingerprint density at radius 2 is 1.70 bits per heavy atom. The van der Waals surface area contributed by atoms with Crippen LogP contribution in [-0.2, 0) is 17.4 Å². The van der Waals surface area contributed by atoms with Crippen LogP contribution in [0.3, 0.4) is 0 Å². The van der Waals surface area contributed by atoms with Gasteiger partial charge in [-0.3, -0.25) is 19.9 Å². The number of allylic oxidation sites excluding steroid dienone is 9. The number of aromatic nitrogens is 6. The first-order chi connectivity index (χ1) is 22.4. The van der Waals surface area contributed by atoms with E-state index in [-0.39, 0.29) is 5.92 Å². The number of aliphatic hydroxyl groups is 1. The van der Waals surface area contributed by atoms with E-state index in [2.05, 4.69) is 100 Å². The minimum Gasteiger partial charge on any atom is -0.400 e. The second-order valence-corrected chi connectivity index (χ2v) is 11.1. The molecule has 0 aliphatic heterocycles. The quantitative estimate of drug-likeness (QED) is 0.0368. The number of benzene rings is 1. The fourth-order valence-electron chi connectivity index (χ4n) is 4.43. The number of unbranched alkanes of at least 4 members (excludes halogenated alkanes) is 1. The number of hydrogen-bond acceptors (Lipinski definition) is 7. The molecule has 0 bridgehead atoms. The zero-order chi connectivity index (χ0) is 34.7. The number of aryl methyl sites for hydroxylation is 2. The molecule has 11 heteroatoms. The molecule has 2 aromatic heterocycles. The molecule has 3 aromatic rings. The summed E-state index contributed by atoms with van der Waals surface area (Å²) in [5.41, 5.74) is 6.08. The van der Waals surface area contributed by atoms with Gasteiger partial charge in [0.05, 0.1) is 0 Å². The lowest BCUT2D eigenvalue weighted by Crippen LogP contribution is -2.05. The first kappa shape index (κ1) is 42.6. The van der Waals surface area contributed by atoms with E-state index in [0.29, 0.717) is 4.77 Å². The Morgan fingerprint density at radius 3 is 2.28 bits per heavy atom. The van der Waals surface area contributed by atoms with Gasteiger partial charge in [0.15, 0.2) is 0 Å². The van der Waals surface area contributed by atoms with Crippen LogP contribution in [0.4, 0.5) is 0 Å². The molecule has 8 nitrogen and oxygen atoms in total. The van der Waals surface area contributed by atoms with Crippen molar-refractivity contribution in [2.45, 2.75) is 77.3 Å². The molecule has 0 aliphatic rings. The number of H-pyrrole nitrogens is 3. The van der Waals surface area contributed by atoms with Crippen molar-refractivity contribution in [2.24, 2.45) is 0 Å². The van der Waals surface area contributed by atoms with Crippen molar-refractivity contribution in [3.63, 3.8) is 0 Å². The largest absolute Gasteiger partial charge is 0.400 e. The molecule has 0 saturated heterocycles. The van der Waals surface area contributed by atoms with Crippen LogP contribution >= 0.6 is 33.1 Å². The molecule has 4 N–H and O–H groups in total. The van der Waals surface area contributed by atoms with Crippen LogP contribution in [0.1, 0.15) is 76.5 Å². The number of hydrogen-bond donors (Lipinski definition) is 4. The lowest BCUT2D eigenvalue weighted by atomic mass is 9.82. The SMILES string of the molecule is C=C/C=C\C(=C)C(CC(/C(C)=C\CCSc1n[nH]c(CCCCc2nc(=S)[nH][nH]2)n1)=C(\C)C=C)c1ccccc1.CC.CO.O=P. The highest BCUT2D eigenvalue weighted by molar-refractivity contribution is 7.99. The van der Waals surface area contributed by atoms with E-state index in [1.807, 2.05) is 32.1 Å². The van der Waals surface area contributed by atoms with Crippen LogP contribution in [0.25, 0.3) is 0 Å². The molecule has 0 aliphatic carbocycles. The summed E-state index contributed by atoms with van der Waals surface area (Å²) in [6.45, 7) is 20.6. The number of thioether (sulfide) groups is 1. The third-order valence-corrected chi connectivity index (χ3v) is 7.77. The predicted molar refractivity (Wildman–Crippen MR) is 200 cm³/mol. The van der Waals surface area contributed by atoms with Crippen molar-refractivity contribution in [2.75, 3.05) is 12.9 Å². The molecule has 1 atom stereocenters. The highest BCUT2D eigenvalue weighted by atomic mass is 32.2. The summed E-state index contributed by atoms with van der Waals surface area (Å²) < 4.78 is 8.55. The van der Waals surface area contributed by atoms with E-state index in [1.165, 1.54) is 22.3 Å². The second kappa shape index (κ2) is 26.8. The number of nitrogens with zero attached hydrogens (tertiary/aromatic N) is 3. The van der Waals surface area contributed by atoms with Gasteiger partial charge < -0.3 is 5.11 Å². The van der Waals surface area contributed by atoms with Crippen LogP contribution < -0.4 is 0 Å². The molecule has 1 aromatic carbocycles. The minimum absolute atomic E-state index is 0.170. The first-order valence-electron chi connectivity index (χ1n) is 15.3. The van der Waals surface area contributed by atoms with Gasteiger partial charge in [-0.15, -0.1) is 5.10 Å². The fraction of sp³-hybridized carbons (Fsp3) is 0.371. The van der Waals surface area contributed by atoms with Crippen molar-refractivity contribution in [1.29, 1.82) is 0 Å². The number of nitrogens with one attached hydrogen (secondary N) is 3. The van der Waals surface area contributed by atoms with Gasteiger partial charge in [-0.2, -0.15) is 0 Å². The Balaban J connectivity index is 0.00000318. The lowest BCUT2D eigenvalue weighted by molar-refractivity contribution is 0.399. The molecule has 1 unspecified atom stereocenters. The van der Waals surface area contributed by atoms with E-state index in [1.54, 1.807) is 27.0 Å². The zero-order valence-electron chi connectivity index (χ0n) is 27.9. The summed E-state index contributed by atoms with van der Waals surface area (Å²) >= 11 is 6.67. The first-order valence-corrected chi connectivity index (χ1v) is 17.1. The van der Waals surface area contributed by atoms with Gasteiger partial charge in [-0.25, -0.2) is 9.97 Å². The van der Waals surface area contributed by atoms with E-state index >= 15 is 0 Å². The number of rotatable bonds is 17. The average molecular weight is 683 g/mol. The monoisotopic (exact) mass is 682 g/mol. The maximum Gasteiger partial charge on any atom is 0.213 e. The summed E-state index contributed by atoms with van der Waals surface area (Å²) in [5, 5.41) is 21.1. The van der Waals surface area contributed by atoms with Crippen molar-refractivity contribution in [3.05, 3.63) is 125 Å². The van der Waals surface area contributed by atoms with Gasteiger partial charge in [0.25, 0.3) is 0 Å². The van der Waals surface area contributed by atoms with Gasteiger partial charge in [0.2, 0.25) is 9.93 Å². The van der Waals surface area contributed by atoms with E-state index < -0.39 is 0 Å². The van der Waals surface area contributed by atoms with Crippen LogP contribution in [0, 0.1) is 4.77 Å². The third kappa shape index (κ3) is 16.2. The lowest BCUT2D eigenvalue weighted by Gasteiger charge is -2.22. The molecule has 2 heterocycles. The van der Waals surface area contributed by atoms with Crippen LogP contribution in [0.2, 0.25) is 0 Å². The highest BCUT2D eigenvalue weighted by Crippen LogP contribution is 2.35. The molecule has 0 radical (unpaired) electrons. The maximum atomic E-state index is 8.06. The Kier molecular flexibility index (Phi) is 24.8. The zero-order valence-corrected chi connectivity index (χ0v) is 30.6. The smallest absolute Gasteiger partial charge is 0.213 e. The Labute approximate surface area is 287 Å². The molecule has 250 valence electrons. The summed E-state index contributed by atoms with van der Waals surface area (Å²) in [5.74, 6) is 2.90. The average Bonchev–Trinajstić information content (AvgIpc) is 3.75. The molecule has 0 spiro atoms. The van der Waals surface area contributed by atoms with Crippen LogP contribution in [0.15, 0.2) is 108 Å².